The van der Waals surface area contributed by atoms with E-state index < -0.39 is 0 Å². The molecule has 0 aromatic heterocycles. The third-order valence-corrected chi connectivity index (χ3v) is 2.00. The highest BCUT2D eigenvalue weighted by atomic mass is 35.5. The molecular formula is C11H13Cl. The minimum Gasteiger partial charge on any atom is -0.0839 e. The van der Waals surface area contributed by atoms with Gasteiger partial charge in [-0.2, -0.15) is 0 Å². The van der Waals surface area contributed by atoms with E-state index in [0.717, 1.165) is 17.0 Å². The highest BCUT2D eigenvalue weighted by Crippen LogP contribution is 2.16. The Morgan fingerprint density at radius 1 is 1.33 bits per heavy atom. The first-order chi connectivity index (χ1) is 5.84. The van der Waals surface area contributed by atoms with Gasteiger partial charge in [0.05, 0.1) is 0 Å². The minimum atomic E-state index is 0.824. The van der Waals surface area contributed by atoms with Crippen molar-refractivity contribution in [2.45, 2.75) is 19.8 Å². The average molecular weight is 181 g/mol. The fourth-order valence-electron chi connectivity index (χ4n) is 0.987. The van der Waals surface area contributed by atoms with E-state index in [1.54, 1.807) is 0 Å². The van der Waals surface area contributed by atoms with E-state index in [2.05, 4.69) is 19.1 Å². The van der Waals surface area contributed by atoms with Crippen LogP contribution in [0.15, 0.2) is 30.3 Å². The Bertz CT molecular complexity index is 263. The van der Waals surface area contributed by atoms with Crippen LogP contribution in [0.4, 0.5) is 0 Å². The summed E-state index contributed by atoms with van der Waals surface area (Å²) in [6.07, 6.45) is 6.53. The third-order valence-electron chi connectivity index (χ3n) is 1.66. The maximum absolute atomic E-state index is 5.95. The molecular weight excluding hydrogens is 168 g/mol. The Labute approximate surface area is 78.9 Å². The molecule has 1 aromatic carbocycles. The highest BCUT2D eigenvalue weighted by Gasteiger charge is 1.91. The molecule has 1 heteroatoms. The molecule has 0 saturated heterocycles. The molecule has 0 aliphatic carbocycles. The fourth-order valence-corrected chi connectivity index (χ4v) is 1.19. The van der Waals surface area contributed by atoms with E-state index in [1.807, 2.05) is 24.3 Å². The fraction of sp³-hybridized carbons (Fsp3) is 0.273. The molecule has 1 rings (SSSR count). The van der Waals surface area contributed by atoms with Gasteiger partial charge in [-0.3, -0.25) is 0 Å². The Hall–Kier alpha value is -0.750. The second-order valence-corrected chi connectivity index (χ2v) is 3.12. The van der Waals surface area contributed by atoms with E-state index in [-0.39, 0.29) is 0 Å². The summed E-state index contributed by atoms with van der Waals surface area (Å²) < 4.78 is 0. The number of hydrogen-bond donors (Lipinski definition) is 0. The molecule has 0 saturated carbocycles. The van der Waals surface area contributed by atoms with Gasteiger partial charge < -0.3 is 0 Å². The smallest absolute Gasteiger partial charge is 0.0478 e. The summed E-state index contributed by atoms with van der Waals surface area (Å²) >= 11 is 5.95. The largest absolute Gasteiger partial charge is 0.0839 e. The van der Waals surface area contributed by atoms with Gasteiger partial charge in [-0.05, 0) is 18.1 Å². The molecule has 0 amide bonds. The summed E-state index contributed by atoms with van der Waals surface area (Å²) in [5.41, 5.74) is 1.10. The minimum absolute atomic E-state index is 0.824. The van der Waals surface area contributed by atoms with Crippen LogP contribution in [0.2, 0.25) is 5.02 Å². The Morgan fingerprint density at radius 2 is 2.08 bits per heavy atom. The maximum Gasteiger partial charge on any atom is 0.0478 e. The van der Waals surface area contributed by atoms with E-state index >= 15 is 0 Å². The number of halogens is 1. The quantitative estimate of drug-likeness (QED) is 0.656. The predicted octanol–water partition coefficient (Wildman–Crippen LogP) is 4.15. The SMILES string of the molecule is CCCC=Cc1ccccc1Cl. The molecule has 0 aliphatic heterocycles. The predicted molar refractivity (Wildman–Crippen MR) is 55.4 cm³/mol. The lowest BCUT2D eigenvalue weighted by atomic mass is 10.2. The van der Waals surface area contributed by atoms with E-state index in [0.29, 0.717) is 0 Å². The molecule has 64 valence electrons. The molecule has 0 N–H and O–H groups in total. The van der Waals surface area contributed by atoms with Gasteiger partial charge in [-0.15, -0.1) is 0 Å². The van der Waals surface area contributed by atoms with Crippen LogP contribution in [0.3, 0.4) is 0 Å². The summed E-state index contributed by atoms with van der Waals surface area (Å²) in [5.74, 6) is 0. The molecule has 0 aliphatic rings. The van der Waals surface area contributed by atoms with E-state index in [1.165, 1.54) is 6.42 Å². The molecule has 0 heterocycles. The van der Waals surface area contributed by atoms with Crippen molar-refractivity contribution in [2.75, 3.05) is 0 Å². The molecule has 0 fully saturated rings. The first-order valence-electron chi connectivity index (χ1n) is 4.25. The zero-order valence-corrected chi connectivity index (χ0v) is 8.01. The standard InChI is InChI=1S/C11H13Cl/c1-2-3-4-7-10-8-5-6-9-11(10)12/h4-9H,2-3H2,1H3. The van der Waals surface area contributed by atoms with Crippen molar-refractivity contribution < 1.29 is 0 Å². The topological polar surface area (TPSA) is 0 Å². The van der Waals surface area contributed by atoms with Crippen molar-refractivity contribution in [3.05, 3.63) is 40.9 Å². The van der Waals surface area contributed by atoms with Gasteiger partial charge in [0.1, 0.15) is 0 Å². The van der Waals surface area contributed by atoms with Gasteiger partial charge in [-0.25, -0.2) is 0 Å². The first-order valence-corrected chi connectivity index (χ1v) is 4.63. The molecule has 0 nitrogen and oxygen atoms in total. The lowest BCUT2D eigenvalue weighted by molar-refractivity contribution is 0.962. The molecule has 12 heavy (non-hydrogen) atoms. The lowest BCUT2D eigenvalue weighted by Crippen LogP contribution is -1.72. The summed E-state index contributed by atoms with van der Waals surface area (Å²) in [6.45, 7) is 2.16. The van der Waals surface area contributed by atoms with E-state index in [9.17, 15) is 0 Å². The number of allylic oxidation sites excluding steroid dienone is 1. The van der Waals surface area contributed by atoms with Gasteiger partial charge in [0.2, 0.25) is 0 Å². The summed E-state index contributed by atoms with van der Waals surface area (Å²) in [5, 5.41) is 0.824. The molecule has 1 aromatic rings. The van der Waals surface area contributed by atoms with Gasteiger partial charge in [0.15, 0.2) is 0 Å². The summed E-state index contributed by atoms with van der Waals surface area (Å²) in [7, 11) is 0. The Kier molecular flexibility index (Phi) is 3.89. The van der Waals surface area contributed by atoms with Gasteiger partial charge in [-0.1, -0.05) is 55.3 Å². The van der Waals surface area contributed by atoms with Crippen LogP contribution in [0, 0.1) is 0 Å². The zero-order valence-electron chi connectivity index (χ0n) is 7.26. The zero-order chi connectivity index (χ0) is 8.81. The Morgan fingerprint density at radius 3 is 2.75 bits per heavy atom. The Balaban J connectivity index is 2.68. The monoisotopic (exact) mass is 180 g/mol. The average Bonchev–Trinajstić information content (AvgIpc) is 2.09. The van der Waals surface area contributed by atoms with Gasteiger partial charge in [0.25, 0.3) is 0 Å². The van der Waals surface area contributed by atoms with Gasteiger partial charge >= 0.3 is 0 Å². The van der Waals surface area contributed by atoms with Crippen LogP contribution in [-0.4, -0.2) is 0 Å². The van der Waals surface area contributed by atoms with E-state index in [4.69, 9.17) is 11.6 Å². The number of rotatable bonds is 3. The molecule has 0 atom stereocenters. The van der Waals surface area contributed by atoms with Crippen molar-refractivity contribution >= 4 is 17.7 Å². The summed E-state index contributed by atoms with van der Waals surface area (Å²) in [6, 6.07) is 7.87. The normalized spacial score (nSPS) is 10.8. The van der Waals surface area contributed by atoms with Crippen molar-refractivity contribution in [1.29, 1.82) is 0 Å². The maximum atomic E-state index is 5.95. The number of unbranched alkanes of at least 4 members (excludes halogenated alkanes) is 1. The molecule has 0 spiro atoms. The van der Waals surface area contributed by atoms with Crippen LogP contribution < -0.4 is 0 Å². The van der Waals surface area contributed by atoms with Crippen molar-refractivity contribution in [1.82, 2.24) is 0 Å². The number of hydrogen-bond acceptors (Lipinski definition) is 0. The van der Waals surface area contributed by atoms with Crippen molar-refractivity contribution in [2.24, 2.45) is 0 Å². The van der Waals surface area contributed by atoms with Crippen molar-refractivity contribution in [3.8, 4) is 0 Å². The molecule has 0 bridgehead atoms. The van der Waals surface area contributed by atoms with Crippen LogP contribution in [-0.2, 0) is 0 Å². The van der Waals surface area contributed by atoms with Crippen LogP contribution in [0.25, 0.3) is 6.08 Å². The molecule has 0 unspecified atom stereocenters. The number of benzene rings is 1. The van der Waals surface area contributed by atoms with Crippen LogP contribution >= 0.6 is 11.6 Å². The highest BCUT2D eigenvalue weighted by molar-refractivity contribution is 6.32. The lowest BCUT2D eigenvalue weighted by Gasteiger charge is -1.95. The molecule has 0 radical (unpaired) electrons. The first kappa shape index (κ1) is 9.34. The third kappa shape index (κ3) is 2.71. The van der Waals surface area contributed by atoms with Gasteiger partial charge in [0, 0.05) is 5.02 Å². The second kappa shape index (κ2) is 5.00. The second-order valence-electron chi connectivity index (χ2n) is 2.71. The van der Waals surface area contributed by atoms with Crippen LogP contribution in [0.5, 0.6) is 0 Å². The summed E-state index contributed by atoms with van der Waals surface area (Å²) in [4.78, 5) is 0. The van der Waals surface area contributed by atoms with Crippen molar-refractivity contribution in [3.63, 3.8) is 0 Å². The van der Waals surface area contributed by atoms with Crippen LogP contribution in [0.1, 0.15) is 25.3 Å².